The highest BCUT2D eigenvalue weighted by molar-refractivity contribution is 7.98. The van der Waals surface area contributed by atoms with Crippen LogP contribution in [0.3, 0.4) is 0 Å². The van der Waals surface area contributed by atoms with E-state index in [4.69, 9.17) is 5.73 Å². The van der Waals surface area contributed by atoms with E-state index in [-0.39, 0.29) is 29.3 Å². The summed E-state index contributed by atoms with van der Waals surface area (Å²) in [6, 6.07) is 18.8. The number of carbonyl (C=O) groups is 1. The first kappa shape index (κ1) is 19.9. The van der Waals surface area contributed by atoms with Gasteiger partial charge in [-0.25, -0.2) is 4.98 Å². The van der Waals surface area contributed by atoms with Gasteiger partial charge >= 0.3 is 0 Å². The zero-order valence-corrected chi connectivity index (χ0v) is 17.9. The molecule has 0 saturated heterocycles. The van der Waals surface area contributed by atoms with Gasteiger partial charge in [0.05, 0.1) is 17.7 Å². The summed E-state index contributed by atoms with van der Waals surface area (Å²) in [4.78, 5) is 36.3. The highest BCUT2D eigenvalue weighted by Gasteiger charge is 2.60. The lowest BCUT2D eigenvalue weighted by atomic mass is 9.69. The standard InChI is InChI=1S/C23H18N6O2S/c1-32-22-27-19-17(20(30)28-22)23(15(11-24)18(25)26-19)14-9-5-6-10-16(14)29(21(23)31)12-13-7-3-2-4-8-13/h2-10H,12,25H2,1H3,(H2,26,27,28,30). The number of aromatic amines is 1. The summed E-state index contributed by atoms with van der Waals surface area (Å²) in [5, 5.41) is 13.3. The number of nitriles is 1. The fraction of sp³-hybridized carbons (Fsp3) is 0.130. The van der Waals surface area contributed by atoms with Crippen LogP contribution in [0.4, 0.5) is 11.5 Å². The van der Waals surface area contributed by atoms with Crippen LogP contribution in [0.15, 0.2) is 75.9 Å². The number of amides is 1. The number of rotatable bonds is 3. The van der Waals surface area contributed by atoms with Crippen molar-refractivity contribution in [3.63, 3.8) is 0 Å². The smallest absolute Gasteiger partial charge is 0.258 e. The molecule has 1 amide bonds. The lowest BCUT2D eigenvalue weighted by molar-refractivity contribution is -0.120. The Labute approximate surface area is 187 Å². The number of nitrogens with zero attached hydrogens (tertiary/aromatic N) is 3. The van der Waals surface area contributed by atoms with Gasteiger partial charge in [0.25, 0.3) is 5.56 Å². The molecule has 4 N–H and O–H groups in total. The van der Waals surface area contributed by atoms with Crippen molar-refractivity contribution in [1.82, 2.24) is 9.97 Å². The van der Waals surface area contributed by atoms with Crippen molar-refractivity contribution in [2.75, 3.05) is 16.5 Å². The Kier molecular flexibility index (Phi) is 4.53. The third kappa shape index (κ3) is 2.60. The Morgan fingerprint density at radius 2 is 1.88 bits per heavy atom. The summed E-state index contributed by atoms with van der Waals surface area (Å²) in [5.74, 6) is -0.219. The van der Waals surface area contributed by atoms with E-state index < -0.39 is 16.9 Å². The molecule has 1 atom stereocenters. The van der Waals surface area contributed by atoms with Crippen molar-refractivity contribution in [2.45, 2.75) is 17.1 Å². The topological polar surface area (TPSA) is 128 Å². The molecule has 1 spiro atoms. The summed E-state index contributed by atoms with van der Waals surface area (Å²) in [5.41, 5.74) is 6.21. The number of thioether (sulfide) groups is 1. The zero-order chi connectivity index (χ0) is 22.5. The van der Waals surface area contributed by atoms with Crippen LogP contribution in [-0.4, -0.2) is 22.1 Å². The van der Waals surface area contributed by atoms with Crippen molar-refractivity contribution in [3.05, 3.63) is 93.0 Å². The number of benzene rings is 2. The van der Waals surface area contributed by atoms with Gasteiger partial charge in [-0.2, -0.15) is 5.26 Å². The third-order valence-electron chi connectivity index (χ3n) is 5.82. The Morgan fingerprint density at radius 3 is 2.59 bits per heavy atom. The number of H-pyrrole nitrogens is 1. The number of anilines is 2. The average Bonchev–Trinajstić information content (AvgIpc) is 3.03. The van der Waals surface area contributed by atoms with E-state index in [0.717, 1.165) is 5.56 Å². The molecule has 0 radical (unpaired) electrons. The Morgan fingerprint density at radius 1 is 1.16 bits per heavy atom. The van der Waals surface area contributed by atoms with Gasteiger partial charge in [0.2, 0.25) is 5.91 Å². The summed E-state index contributed by atoms with van der Waals surface area (Å²) in [6.45, 7) is 0.286. The van der Waals surface area contributed by atoms with Crippen molar-refractivity contribution >= 4 is 29.2 Å². The van der Waals surface area contributed by atoms with E-state index in [2.05, 4.69) is 21.4 Å². The van der Waals surface area contributed by atoms with Gasteiger partial charge < -0.3 is 20.9 Å². The zero-order valence-electron chi connectivity index (χ0n) is 17.0. The SMILES string of the molecule is CSc1nc2c(c(=O)[nH]1)C1(C(=O)N(Cc3ccccc3)c3ccccc31)C(C#N)=C(N)N2. The Hall–Kier alpha value is -4.03. The molecule has 2 aromatic carbocycles. The van der Waals surface area contributed by atoms with Crippen molar-refractivity contribution in [3.8, 4) is 6.07 Å². The van der Waals surface area contributed by atoms with Crippen molar-refractivity contribution < 1.29 is 4.79 Å². The van der Waals surface area contributed by atoms with Crippen LogP contribution >= 0.6 is 11.8 Å². The minimum absolute atomic E-state index is 0.00914. The maximum absolute atomic E-state index is 14.2. The summed E-state index contributed by atoms with van der Waals surface area (Å²) < 4.78 is 0. The highest BCUT2D eigenvalue weighted by atomic mass is 32.2. The van der Waals surface area contributed by atoms with Gasteiger partial charge in [-0.15, -0.1) is 0 Å². The normalized spacial score (nSPS) is 18.9. The van der Waals surface area contributed by atoms with E-state index in [0.29, 0.717) is 16.4 Å². The van der Waals surface area contributed by atoms with Crippen molar-refractivity contribution in [1.29, 1.82) is 5.26 Å². The van der Waals surface area contributed by atoms with Crippen LogP contribution in [-0.2, 0) is 16.8 Å². The first-order valence-corrected chi connectivity index (χ1v) is 11.1. The van der Waals surface area contributed by atoms with Gasteiger partial charge in [-0.05, 0) is 17.9 Å². The number of nitrogens with one attached hydrogen (secondary N) is 2. The molecule has 158 valence electrons. The molecule has 0 saturated carbocycles. The molecule has 9 heteroatoms. The van der Waals surface area contributed by atoms with E-state index in [9.17, 15) is 14.9 Å². The predicted octanol–water partition coefficient (Wildman–Crippen LogP) is 2.44. The second-order valence-corrected chi connectivity index (χ2v) is 8.26. The summed E-state index contributed by atoms with van der Waals surface area (Å²) >= 11 is 1.26. The maximum Gasteiger partial charge on any atom is 0.258 e. The van der Waals surface area contributed by atoms with Crippen LogP contribution in [0.2, 0.25) is 0 Å². The highest BCUT2D eigenvalue weighted by Crippen LogP contribution is 2.53. The van der Waals surface area contributed by atoms with Crippen LogP contribution in [0.1, 0.15) is 16.7 Å². The first-order valence-electron chi connectivity index (χ1n) is 9.84. The molecule has 3 aromatic rings. The number of fused-ring (bicyclic) bond motifs is 4. The number of para-hydroxylation sites is 1. The maximum atomic E-state index is 14.2. The lowest BCUT2D eigenvalue weighted by Gasteiger charge is -2.34. The van der Waals surface area contributed by atoms with Gasteiger partial charge in [0, 0.05) is 11.3 Å². The predicted molar refractivity (Wildman–Crippen MR) is 122 cm³/mol. The fourth-order valence-corrected chi connectivity index (χ4v) is 4.89. The second-order valence-electron chi connectivity index (χ2n) is 7.47. The lowest BCUT2D eigenvalue weighted by Crippen LogP contribution is -2.49. The molecular formula is C23H18N6O2S. The molecule has 1 aromatic heterocycles. The van der Waals surface area contributed by atoms with E-state index in [1.165, 1.54) is 11.8 Å². The quantitative estimate of drug-likeness (QED) is 0.420. The van der Waals surface area contributed by atoms with Crippen LogP contribution in [0, 0.1) is 11.3 Å². The van der Waals surface area contributed by atoms with E-state index in [1.807, 2.05) is 42.5 Å². The molecule has 1 unspecified atom stereocenters. The first-order chi connectivity index (χ1) is 15.5. The molecule has 8 nitrogen and oxygen atoms in total. The Bertz CT molecular complexity index is 1390. The van der Waals surface area contributed by atoms with Gasteiger partial charge in [-0.3, -0.25) is 9.59 Å². The fourth-order valence-electron chi connectivity index (χ4n) is 4.51. The minimum atomic E-state index is -1.68. The monoisotopic (exact) mass is 442 g/mol. The van der Waals surface area contributed by atoms with Gasteiger partial charge in [0.1, 0.15) is 23.1 Å². The van der Waals surface area contributed by atoms with Crippen LogP contribution in [0.5, 0.6) is 0 Å². The number of hydrogen-bond acceptors (Lipinski definition) is 7. The third-order valence-corrected chi connectivity index (χ3v) is 6.40. The molecule has 0 fully saturated rings. The number of carbonyl (C=O) groups excluding carboxylic acids is 1. The molecule has 0 aliphatic carbocycles. The molecule has 0 bridgehead atoms. The Balaban J connectivity index is 1.83. The van der Waals surface area contributed by atoms with E-state index >= 15 is 0 Å². The molecule has 3 heterocycles. The van der Waals surface area contributed by atoms with Crippen LogP contribution < -0.4 is 21.5 Å². The number of hydrogen-bond donors (Lipinski definition) is 3. The summed E-state index contributed by atoms with van der Waals surface area (Å²) in [7, 11) is 0. The van der Waals surface area contributed by atoms with Gasteiger partial charge in [-0.1, -0.05) is 60.3 Å². The number of nitrogens with two attached hydrogens (primary N) is 1. The molecule has 32 heavy (non-hydrogen) atoms. The molecule has 2 aliphatic heterocycles. The van der Waals surface area contributed by atoms with Crippen LogP contribution in [0.25, 0.3) is 0 Å². The van der Waals surface area contributed by atoms with E-state index in [1.54, 1.807) is 23.3 Å². The average molecular weight is 443 g/mol. The minimum Gasteiger partial charge on any atom is -0.384 e. The molecule has 5 rings (SSSR count). The molecular weight excluding hydrogens is 424 g/mol. The second kappa shape index (κ2) is 7.28. The molecule has 2 aliphatic rings. The largest absolute Gasteiger partial charge is 0.384 e. The van der Waals surface area contributed by atoms with Crippen molar-refractivity contribution in [2.24, 2.45) is 5.73 Å². The van der Waals surface area contributed by atoms with Gasteiger partial charge in [0.15, 0.2) is 5.16 Å². The number of aromatic nitrogens is 2. The summed E-state index contributed by atoms with van der Waals surface area (Å²) in [6.07, 6.45) is 1.78.